The summed E-state index contributed by atoms with van der Waals surface area (Å²) in [4.78, 5) is 44.6. The van der Waals surface area contributed by atoms with E-state index in [1.807, 2.05) is 19.1 Å². The van der Waals surface area contributed by atoms with Crippen molar-refractivity contribution < 1.29 is 14.5 Å². The van der Waals surface area contributed by atoms with E-state index < -0.39 is 16.3 Å². The van der Waals surface area contributed by atoms with Gasteiger partial charge in [0.1, 0.15) is 10.9 Å². The topological polar surface area (TPSA) is 115 Å². The fraction of sp³-hybridized carbons (Fsp3) is 0.0690. The van der Waals surface area contributed by atoms with E-state index in [-0.39, 0.29) is 16.4 Å². The molecule has 2 heterocycles. The zero-order valence-corrected chi connectivity index (χ0v) is 20.9. The molecule has 8 nitrogen and oxygen atoms in total. The number of carbonyl (C=O) groups excluding carboxylic acids is 1. The maximum Gasteiger partial charge on any atom is 0.270 e. The summed E-state index contributed by atoms with van der Waals surface area (Å²) in [6.07, 6.45) is 2.75. The average molecular weight is 526 g/mol. The number of ether oxygens (including phenoxy) is 1. The molecule has 0 atom stereocenters. The van der Waals surface area contributed by atoms with E-state index in [9.17, 15) is 19.7 Å². The van der Waals surface area contributed by atoms with E-state index in [1.54, 1.807) is 42.5 Å². The molecule has 9 heteroatoms. The highest BCUT2D eigenvalue weighted by molar-refractivity contribution is 6.31. The zero-order chi connectivity index (χ0) is 26.8. The van der Waals surface area contributed by atoms with Gasteiger partial charge < -0.3 is 9.72 Å². The number of carbonyl (C=O) groups is 1. The summed E-state index contributed by atoms with van der Waals surface area (Å²) in [7, 11) is 0. The van der Waals surface area contributed by atoms with Crippen LogP contribution in [0.3, 0.4) is 0 Å². The van der Waals surface area contributed by atoms with Crippen molar-refractivity contribution in [1.29, 1.82) is 0 Å². The SMILES string of the molecule is CCOc1ccc2cc(/C=C/C(=O)c3c(-c4ccccc4)c4cc([N+](=O)[O-])ccc4[nH]c3=O)c(Cl)nc2c1. The molecule has 1 N–H and O–H groups in total. The first-order chi connectivity index (χ1) is 18.4. The second kappa shape index (κ2) is 10.3. The zero-order valence-electron chi connectivity index (χ0n) is 20.1. The summed E-state index contributed by atoms with van der Waals surface area (Å²) >= 11 is 6.40. The smallest absolute Gasteiger partial charge is 0.270 e. The number of H-pyrrole nitrogens is 1. The van der Waals surface area contributed by atoms with Crippen molar-refractivity contribution in [2.24, 2.45) is 0 Å². The molecule has 0 aliphatic heterocycles. The van der Waals surface area contributed by atoms with Crippen LogP contribution in [0.2, 0.25) is 5.15 Å². The third-order valence-electron chi connectivity index (χ3n) is 6.01. The molecule has 0 radical (unpaired) electrons. The molecule has 3 aromatic carbocycles. The Kier molecular flexibility index (Phi) is 6.72. The Hall–Kier alpha value is -4.82. The third kappa shape index (κ3) is 4.77. The highest BCUT2D eigenvalue weighted by Crippen LogP contribution is 2.32. The van der Waals surface area contributed by atoms with Crippen LogP contribution in [0.5, 0.6) is 5.75 Å². The number of fused-ring (bicyclic) bond motifs is 2. The van der Waals surface area contributed by atoms with Crippen molar-refractivity contribution in [3.8, 4) is 16.9 Å². The van der Waals surface area contributed by atoms with Crippen molar-refractivity contribution in [2.45, 2.75) is 6.92 Å². The van der Waals surface area contributed by atoms with Crippen LogP contribution in [-0.2, 0) is 0 Å². The first-order valence-electron chi connectivity index (χ1n) is 11.7. The van der Waals surface area contributed by atoms with Gasteiger partial charge in [-0.05, 0) is 48.9 Å². The number of nitro benzene ring substituents is 1. The minimum absolute atomic E-state index is 0.133. The third-order valence-corrected chi connectivity index (χ3v) is 6.32. The molecular formula is C29H20ClN3O5. The predicted octanol–water partition coefficient (Wildman–Crippen LogP) is 6.60. The lowest BCUT2D eigenvalue weighted by atomic mass is 9.93. The number of hydrogen-bond acceptors (Lipinski definition) is 6. The molecular weight excluding hydrogens is 506 g/mol. The molecule has 0 saturated heterocycles. The molecule has 0 bridgehead atoms. The summed E-state index contributed by atoms with van der Waals surface area (Å²) in [5.74, 6) is 0.0904. The van der Waals surface area contributed by atoms with E-state index >= 15 is 0 Å². The maximum absolute atomic E-state index is 13.5. The average Bonchev–Trinajstić information content (AvgIpc) is 2.91. The molecule has 2 aromatic heterocycles. The van der Waals surface area contributed by atoms with Gasteiger partial charge >= 0.3 is 0 Å². The van der Waals surface area contributed by atoms with Crippen LogP contribution in [0.25, 0.3) is 39.0 Å². The minimum Gasteiger partial charge on any atom is -0.494 e. The molecule has 0 aliphatic carbocycles. The van der Waals surface area contributed by atoms with Crippen molar-refractivity contribution in [3.63, 3.8) is 0 Å². The summed E-state index contributed by atoms with van der Waals surface area (Å²) in [5.41, 5.74) is 1.52. The van der Waals surface area contributed by atoms with Gasteiger partial charge in [-0.3, -0.25) is 19.7 Å². The van der Waals surface area contributed by atoms with Crippen LogP contribution in [0, 0.1) is 10.1 Å². The Morgan fingerprint density at radius 1 is 1.11 bits per heavy atom. The molecule has 0 spiro atoms. The van der Waals surface area contributed by atoms with E-state index in [0.717, 1.165) is 5.39 Å². The molecule has 0 aliphatic rings. The molecule has 0 unspecified atom stereocenters. The Balaban J connectivity index is 1.62. The van der Waals surface area contributed by atoms with Gasteiger partial charge in [0, 0.05) is 45.6 Å². The van der Waals surface area contributed by atoms with Gasteiger partial charge in [-0.2, -0.15) is 0 Å². The fourth-order valence-electron chi connectivity index (χ4n) is 4.30. The van der Waals surface area contributed by atoms with Crippen molar-refractivity contribution >= 4 is 51.0 Å². The van der Waals surface area contributed by atoms with Crippen molar-refractivity contribution in [2.75, 3.05) is 6.61 Å². The normalized spacial score (nSPS) is 11.3. The highest BCUT2D eigenvalue weighted by atomic mass is 35.5. The number of pyridine rings is 2. The number of hydrogen-bond donors (Lipinski definition) is 1. The predicted molar refractivity (Wildman–Crippen MR) is 148 cm³/mol. The number of nitrogens with one attached hydrogen (secondary N) is 1. The van der Waals surface area contributed by atoms with E-state index in [0.29, 0.717) is 45.5 Å². The van der Waals surface area contributed by atoms with E-state index in [1.165, 1.54) is 30.4 Å². The molecule has 38 heavy (non-hydrogen) atoms. The molecule has 0 fully saturated rings. The second-order valence-corrected chi connectivity index (χ2v) is 8.77. The monoisotopic (exact) mass is 525 g/mol. The van der Waals surface area contributed by atoms with Crippen molar-refractivity contribution in [1.82, 2.24) is 9.97 Å². The Bertz CT molecular complexity index is 1810. The standard InChI is InChI=1S/C29H20ClN3O5/c1-2-38-21-11-8-18-14-19(28(30)31-24(18)16-21)9-13-25(34)27-26(17-6-4-3-5-7-17)22-15-20(33(36)37)10-12-23(22)32-29(27)35/h3-16H,2H2,1H3,(H,32,35)/b13-9+. The van der Waals surface area contributed by atoms with Gasteiger partial charge in [0.05, 0.1) is 22.6 Å². The molecule has 5 aromatic rings. The largest absolute Gasteiger partial charge is 0.494 e. The summed E-state index contributed by atoms with van der Waals surface area (Å²) in [6.45, 7) is 2.41. The lowest BCUT2D eigenvalue weighted by molar-refractivity contribution is -0.384. The quantitative estimate of drug-likeness (QED) is 0.0841. The fourth-order valence-corrected chi connectivity index (χ4v) is 4.50. The number of halogens is 1. The Morgan fingerprint density at radius 3 is 2.63 bits per heavy atom. The van der Waals surface area contributed by atoms with Gasteiger partial charge in [-0.15, -0.1) is 0 Å². The number of ketones is 1. The number of allylic oxidation sites excluding steroid dienone is 1. The van der Waals surface area contributed by atoms with Crippen LogP contribution < -0.4 is 10.3 Å². The molecule has 0 amide bonds. The first-order valence-corrected chi connectivity index (χ1v) is 12.1. The number of benzene rings is 3. The van der Waals surface area contributed by atoms with Crippen LogP contribution >= 0.6 is 11.6 Å². The Morgan fingerprint density at radius 2 is 1.89 bits per heavy atom. The van der Waals surface area contributed by atoms with E-state index in [2.05, 4.69) is 9.97 Å². The number of aromatic amines is 1. The van der Waals surface area contributed by atoms with Crippen LogP contribution in [0.4, 0.5) is 5.69 Å². The molecule has 188 valence electrons. The van der Waals surface area contributed by atoms with Gasteiger partial charge in [0.2, 0.25) is 0 Å². The first kappa shape index (κ1) is 24.9. The lowest BCUT2D eigenvalue weighted by Gasteiger charge is -2.11. The lowest BCUT2D eigenvalue weighted by Crippen LogP contribution is -2.18. The van der Waals surface area contributed by atoms with Gasteiger partial charge in [0.25, 0.3) is 11.2 Å². The number of aromatic nitrogens is 2. The van der Waals surface area contributed by atoms with Gasteiger partial charge in [-0.25, -0.2) is 4.98 Å². The van der Waals surface area contributed by atoms with Crippen LogP contribution in [-0.4, -0.2) is 27.3 Å². The van der Waals surface area contributed by atoms with E-state index in [4.69, 9.17) is 16.3 Å². The number of nitrogens with zero attached hydrogens (tertiary/aromatic N) is 2. The van der Waals surface area contributed by atoms with Gasteiger partial charge in [-0.1, -0.05) is 41.9 Å². The number of non-ortho nitro benzene ring substituents is 1. The minimum atomic E-state index is -0.606. The molecule has 0 saturated carbocycles. The summed E-state index contributed by atoms with van der Waals surface area (Å²) in [5, 5.41) is 12.8. The summed E-state index contributed by atoms with van der Waals surface area (Å²) < 4.78 is 5.51. The van der Waals surface area contributed by atoms with Gasteiger partial charge in [0.15, 0.2) is 5.78 Å². The number of rotatable bonds is 7. The Labute approximate surface area is 221 Å². The maximum atomic E-state index is 13.5. The summed E-state index contributed by atoms with van der Waals surface area (Å²) in [6, 6.07) is 20.2. The van der Waals surface area contributed by atoms with Crippen LogP contribution in [0.1, 0.15) is 22.8 Å². The number of nitro groups is 1. The molecule has 5 rings (SSSR count). The second-order valence-electron chi connectivity index (χ2n) is 8.41. The van der Waals surface area contributed by atoms with Crippen molar-refractivity contribution in [3.05, 3.63) is 116 Å². The van der Waals surface area contributed by atoms with Crippen LogP contribution in [0.15, 0.2) is 83.7 Å². The highest BCUT2D eigenvalue weighted by Gasteiger charge is 2.21.